The van der Waals surface area contributed by atoms with E-state index >= 15 is 0 Å². The predicted octanol–water partition coefficient (Wildman–Crippen LogP) is 2.50. The summed E-state index contributed by atoms with van der Waals surface area (Å²) in [7, 11) is -2.12. The molecule has 0 bridgehead atoms. The van der Waals surface area contributed by atoms with E-state index < -0.39 is 10.0 Å². The second-order valence-electron chi connectivity index (χ2n) is 4.57. The number of aromatic nitrogens is 1. The minimum Gasteiger partial charge on any atom is -0.315 e. The first-order valence-corrected chi connectivity index (χ1v) is 9.05. The molecular formula is C12H16N2O3S3. The van der Waals surface area contributed by atoms with Crippen molar-refractivity contribution in [2.45, 2.75) is 31.0 Å². The lowest BCUT2D eigenvalue weighted by atomic mass is 10.3. The lowest BCUT2D eigenvalue weighted by molar-refractivity contribution is 0.403. The number of H-pyrrole nitrogens is 1. The van der Waals surface area contributed by atoms with Crippen molar-refractivity contribution in [3.63, 3.8) is 0 Å². The van der Waals surface area contributed by atoms with Gasteiger partial charge in [0, 0.05) is 22.5 Å². The Labute approximate surface area is 125 Å². The number of nitrogens with zero attached hydrogens (tertiary/aromatic N) is 1. The van der Waals surface area contributed by atoms with Gasteiger partial charge in [0.15, 0.2) is 4.21 Å². The van der Waals surface area contributed by atoms with Gasteiger partial charge in [-0.15, -0.1) is 11.3 Å². The zero-order chi connectivity index (χ0) is 15.1. The lowest BCUT2D eigenvalue weighted by Crippen LogP contribution is -2.29. The molecule has 0 radical (unpaired) electrons. The van der Waals surface area contributed by atoms with Crippen LogP contribution in [0.5, 0.6) is 0 Å². The first kappa shape index (κ1) is 15.4. The topological polar surface area (TPSA) is 70.2 Å². The highest BCUT2D eigenvalue weighted by atomic mass is 32.2. The van der Waals surface area contributed by atoms with Gasteiger partial charge in [0.05, 0.1) is 6.04 Å². The van der Waals surface area contributed by atoms with E-state index in [0.717, 1.165) is 21.1 Å². The van der Waals surface area contributed by atoms with E-state index in [4.69, 9.17) is 0 Å². The molecule has 2 aromatic rings. The van der Waals surface area contributed by atoms with Crippen LogP contribution in [0.15, 0.2) is 21.1 Å². The first-order valence-electron chi connectivity index (χ1n) is 5.97. The highest BCUT2D eigenvalue weighted by Crippen LogP contribution is 2.31. The SMILES string of the molecule is Cc1ccc(C(C)N(C)S(=O)(=O)c2sc(=O)[nH]c2C)s1. The van der Waals surface area contributed by atoms with Gasteiger partial charge in [0.1, 0.15) is 0 Å². The Hall–Kier alpha value is -0.960. The van der Waals surface area contributed by atoms with Crippen LogP contribution in [0.3, 0.4) is 0 Å². The maximum atomic E-state index is 12.6. The number of aryl methyl sites for hydroxylation is 2. The van der Waals surface area contributed by atoms with Gasteiger partial charge in [-0.25, -0.2) is 8.42 Å². The molecule has 8 heteroatoms. The molecule has 0 saturated heterocycles. The van der Waals surface area contributed by atoms with Gasteiger partial charge in [-0.1, -0.05) is 11.3 Å². The summed E-state index contributed by atoms with van der Waals surface area (Å²) in [5, 5.41) is 0. The van der Waals surface area contributed by atoms with E-state index in [1.807, 2.05) is 26.0 Å². The molecular weight excluding hydrogens is 316 g/mol. The van der Waals surface area contributed by atoms with E-state index in [9.17, 15) is 13.2 Å². The van der Waals surface area contributed by atoms with Crippen molar-refractivity contribution in [1.29, 1.82) is 0 Å². The van der Waals surface area contributed by atoms with Crippen LogP contribution in [0, 0.1) is 13.8 Å². The zero-order valence-corrected chi connectivity index (χ0v) is 14.1. The van der Waals surface area contributed by atoms with Crippen LogP contribution in [0.25, 0.3) is 0 Å². The lowest BCUT2D eigenvalue weighted by Gasteiger charge is -2.22. The van der Waals surface area contributed by atoms with Gasteiger partial charge in [0.25, 0.3) is 10.0 Å². The number of nitrogens with one attached hydrogen (secondary N) is 1. The highest BCUT2D eigenvalue weighted by molar-refractivity contribution is 7.91. The largest absolute Gasteiger partial charge is 0.315 e. The molecule has 0 spiro atoms. The summed E-state index contributed by atoms with van der Waals surface area (Å²) in [5.41, 5.74) is 0.390. The number of thiophene rings is 1. The standard InChI is InChI=1S/C12H16N2O3S3/c1-7-5-6-10(18-7)9(3)14(4)20(16,17)11-8(2)13-12(15)19-11/h5-6,9H,1-4H3,(H,13,15). The molecule has 1 N–H and O–H groups in total. The molecule has 0 aliphatic heterocycles. The summed E-state index contributed by atoms with van der Waals surface area (Å²) >= 11 is 2.30. The average Bonchev–Trinajstić information content (AvgIpc) is 2.93. The fourth-order valence-corrected chi connectivity index (χ4v) is 5.68. The molecule has 2 heterocycles. The van der Waals surface area contributed by atoms with Crippen LogP contribution >= 0.6 is 22.7 Å². The summed E-state index contributed by atoms with van der Waals surface area (Å²) in [6.45, 7) is 5.42. The molecule has 0 fully saturated rings. The summed E-state index contributed by atoms with van der Waals surface area (Å²) in [4.78, 5) is 15.6. The number of thiazole rings is 1. The Morgan fingerprint density at radius 1 is 1.25 bits per heavy atom. The predicted molar refractivity (Wildman–Crippen MR) is 82.1 cm³/mol. The van der Waals surface area contributed by atoms with Crippen molar-refractivity contribution in [2.24, 2.45) is 0 Å². The van der Waals surface area contributed by atoms with E-state index in [0.29, 0.717) is 5.69 Å². The van der Waals surface area contributed by atoms with E-state index in [1.165, 1.54) is 4.31 Å². The molecule has 0 aliphatic rings. The van der Waals surface area contributed by atoms with Crippen molar-refractivity contribution < 1.29 is 8.42 Å². The molecule has 110 valence electrons. The van der Waals surface area contributed by atoms with E-state index in [1.54, 1.807) is 25.3 Å². The van der Waals surface area contributed by atoms with E-state index in [2.05, 4.69) is 4.98 Å². The third-order valence-electron chi connectivity index (χ3n) is 3.11. The van der Waals surface area contributed by atoms with Crippen molar-refractivity contribution in [3.8, 4) is 0 Å². The number of hydrogen-bond acceptors (Lipinski definition) is 5. The van der Waals surface area contributed by atoms with Gasteiger partial charge >= 0.3 is 4.87 Å². The van der Waals surface area contributed by atoms with Crippen molar-refractivity contribution in [3.05, 3.63) is 37.2 Å². The second-order valence-corrected chi connectivity index (χ2v) is 9.07. The molecule has 2 aromatic heterocycles. The third kappa shape index (κ3) is 2.73. The Balaban J connectivity index is 2.39. The molecule has 2 rings (SSSR count). The average molecular weight is 332 g/mol. The molecule has 5 nitrogen and oxygen atoms in total. The summed E-state index contributed by atoms with van der Waals surface area (Å²) in [6, 6.07) is 3.63. The van der Waals surface area contributed by atoms with Crippen molar-refractivity contribution >= 4 is 32.7 Å². The van der Waals surface area contributed by atoms with Crippen molar-refractivity contribution in [1.82, 2.24) is 9.29 Å². The first-order chi connectivity index (χ1) is 9.23. The third-order valence-corrected chi connectivity index (χ3v) is 7.79. The van der Waals surface area contributed by atoms with Crippen molar-refractivity contribution in [2.75, 3.05) is 7.05 Å². The summed E-state index contributed by atoms with van der Waals surface area (Å²) in [5.74, 6) is 0. The Bertz CT molecular complexity index is 770. The smallest absolute Gasteiger partial charge is 0.305 e. The monoisotopic (exact) mass is 332 g/mol. The zero-order valence-electron chi connectivity index (χ0n) is 11.6. The maximum Gasteiger partial charge on any atom is 0.305 e. The van der Waals surface area contributed by atoms with Gasteiger partial charge < -0.3 is 4.98 Å². The fraction of sp³-hybridized carbons (Fsp3) is 0.417. The summed E-state index contributed by atoms with van der Waals surface area (Å²) in [6.07, 6.45) is 0. The normalized spacial score (nSPS) is 13.8. The minimum absolute atomic E-state index is 0.0881. The number of hydrogen-bond donors (Lipinski definition) is 1. The van der Waals surface area contributed by atoms with Crippen LogP contribution < -0.4 is 4.87 Å². The quantitative estimate of drug-likeness (QED) is 0.935. The Morgan fingerprint density at radius 3 is 2.35 bits per heavy atom. The van der Waals surface area contributed by atoms with Gasteiger partial charge in [0.2, 0.25) is 0 Å². The fourth-order valence-electron chi connectivity index (χ4n) is 1.83. The molecule has 0 aromatic carbocycles. The molecule has 1 atom stereocenters. The number of aromatic amines is 1. The van der Waals surface area contributed by atoms with Crippen LogP contribution in [-0.4, -0.2) is 24.8 Å². The second kappa shape index (κ2) is 5.44. The Morgan fingerprint density at radius 2 is 1.90 bits per heavy atom. The maximum absolute atomic E-state index is 12.6. The van der Waals surface area contributed by atoms with Crippen LogP contribution in [0.1, 0.15) is 28.4 Å². The Kier molecular flexibility index (Phi) is 4.19. The molecule has 0 aliphatic carbocycles. The van der Waals surface area contributed by atoms with Gasteiger partial charge in [-0.2, -0.15) is 4.31 Å². The minimum atomic E-state index is -3.66. The molecule has 0 saturated carbocycles. The van der Waals surface area contributed by atoms with E-state index in [-0.39, 0.29) is 15.1 Å². The van der Waals surface area contributed by atoms with Gasteiger partial charge in [-0.3, -0.25) is 4.79 Å². The van der Waals surface area contributed by atoms with Crippen LogP contribution in [-0.2, 0) is 10.0 Å². The molecule has 1 unspecified atom stereocenters. The van der Waals surface area contributed by atoms with Crippen LogP contribution in [0.2, 0.25) is 0 Å². The number of rotatable bonds is 4. The van der Waals surface area contributed by atoms with Gasteiger partial charge in [-0.05, 0) is 32.9 Å². The number of sulfonamides is 1. The summed E-state index contributed by atoms with van der Waals surface area (Å²) < 4.78 is 26.5. The molecule has 0 amide bonds. The molecule has 20 heavy (non-hydrogen) atoms. The van der Waals surface area contributed by atoms with Crippen LogP contribution in [0.4, 0.5) is 0 Å². The highest BCUT2D eigenvalue weighted by Gasteiger charge is 2.30.